The van der Waals surface area contributed by atoms with E-state index in [9.17, 15) is 8.42 Å². The summed E-state index contributed by atoms with van der Waals surface area (Å²) in [4.78, 5) is 3.08. The van der Waals surface area contributed by atoms with E-state index in [1.807, 2.05) is 0 Å². The minimum absolute atomic E-state index is 0.126. The number of aliphatic hydroxyl groups is 1. The largest absolute Gasteiger partial charge is 0.390 e. The van der Waals surface area contributed by atoms with Crippen molar-refractivity contribution < 1.29 is 13.5 Å². The average Bonchev–Trinajstić information content (AvgIpc) is 3.09. The van der Waals surface area contributed by atoms with Crippen LogP contribution in [0.2, 0.25) is 0 Å². The highest BCUT2D eigenvalue weighted by molar-refractivity contribution is 7.89. The molecule has 0 bridgehead atoms. The molecule has 0 unspecified atom stereocenters. The smallest absolute Gasteiger partial charge is 0.244 e. The van der Waals surface area contributed by atoms with Crippen molar-refractivity contribution in [1.29, 1.82) is 0 Å². The molecule has 1 aromatic rings. The van der Waals surface area contributed by atoms with Gasteiger partial charge in [-0.3, -0.25) is 0 Å². The Morgan fingerprint density at radius 3 is 2.57 bits per heavy atom. The monoisotopic (exact) mass is 314 g/mol. The van der Waals surface area contributed by atoms with Gasteiger partial charge in [-0.25, -0.2) is 8.42 Å². The maximum atomic E-state index is 12.9. The Morgan fingerprint density at radius 2 is 2.05 bits per heavy atom. The third kappa shape index (κ3) is 3.87. The first-order valence-corrected chi connectivity index (χ1v) is 9.19. The van der Waals surface area contributed by atoms with Gasteiger partial charge < -0.3 is 10.1 Å². The van der Waals surface area contributed by atoms with Crippen LogP contribution in [0, 0.1) is 5.92 Å². The summed E-state index contributed by atoms with van der Waals surface area (Å²) in [6.45, 7) is 4.62. The van der Waals surface area contributed by atoms with Gasteiger partial charge in [0.2, 0.25) is 10.0 Å². The molecular formula is C15H26N2O3S. The summed E-state index contributed by atoms with van der Waals surface area (Å²) in [7, 11) is -3.48. The number of aromatic nitrogens is 1. The van der Waals surface area contributed by atoms with Crippen LogP contribution in [0.25, 0.3) is 0 Å². The number of rotatable bonds is 7. The van der Waals surface area contributed by atoms with Crippen LogP contribution >= 0.6 is 0 Å². The molecule has 1 fully saturated rings. The number of hydrogen-bond acceptors (Lipinski definition) is 3. The first kappa shape index (κ1) is 16.5. The molecule has 0 aliphatic heterocycles. The molecule has 1 aromatic heterocycles. The molecular weight excluding hydrogens is 288 g/mol. The van der Waals surface area contributed by atoms with E-state index in [0.717, 1.165) is 32.1 Å². The molecule has 2 N–H and O–H groups in total. The van der Waals surface area contributed by atoms with Crippen LogP contribution in [0.1, 0.15) is 51.6 Å². The number of sulfonamides is 1. The third-order valence-corrected chi connectivity index (χ3v) is 6.08. The molecule has 0 spiro atoms. The van der Waals surface area contributed by atoms with Crippen molar-refractivity contribution in [2.45, 2.75) is 63.5 Å². The summed E-state index contributed by atoms with van der Waals surface area (Å²) in [6, 6.07) is 1.66. The SMILES string of the molecule is CC(C)CCN(C1CCCC1)S(=O)(=O)c1c[nH]c(CO)c1. The van der Waals surface area contributed by atoms with E-state index in [2.05, 4.69) is 18.8 Å². The highest BCUT2D eigenvalue weighted by atomic mass is 32.2. The molecule has 1 aliphatic carbocycles. The molecule has 2 rings (SSSR count). The van der Waals surface area contributed by atoms with Crippen molar-refractivity contribution >= 4 is 10.0 Å². The number of nitrogens with one attached hydrogen (secondary N) is 1. The highest BCUT2D eigenvalue weighted by Crippen LogP contribution is 2.29. The minimum atomic E-state index is -3.48. The van der Waals surface area contributed by atoms with Gasteiger partial charge in [0.25, 0.3) is 0 Å². The molecule has 21 heavy (non-hydrogen) atoms. The third-order valence-electron chi connectivity index (χ3n) is 4.15. The molecule has 1 aliphatic rings. The zero-order valence-corrected chi connectivity index (χ0v) is 13.7. The van der Waals surface area contributed by atoms with Crippen molar-refractivity contribution in [2.75, 3.05) is 6.54 Å². The highest BCUT2D eigenvalue weighted by Gasteiger charge is 2.33. The second kappa shape index (κ2) is 6.94. The van der Waals surface area contributed by atoms with Crippen LogP contribution in [0.4, 0.5) is 0 Å². The van der Waals surface area contributed by atoms with Crippen LogP contribution in [-0.4, -0.2) is 35.4 Å². The standard InChI is InChI=1S/C15H26N2O3S/c1-12(2)7-8-17(14-5-3-4-6-14)21(19,20)15-9-13(11-18)16-10-15/h9-10,12,14,16,18H,3-8,11H2,1-2H3. The molecule has 0 atom stereocenters. The van der Waals surface area contributed by atoms with Crippen LogP contribution in [0.5, 0.6) is 0 Å². The molecule has 0 aromatic carbocycles. The van der Waals surface area contributed by atoms with Gasteiger partial charge in [-0.05, 0) is 31.2 Å². The predicted molar refractivity (Wildman–Crippen MR) is 82.3 cm³/mol. The Bertz CT molecular complexity index is 545. The fourth-order valence-corrected chi connectivity index (χ4v) is 4.59. The summed E-state index contributed by atoms with van der Waals surface area (Å²) < 4.78 is 27.5. The van der Waals surface area contributed by atoms with Crippen molar-refractivity contribution in [1.82, 2.24) is 9.29 Å². The fourth-order valence-electron chi connectivity index (χ4n) is 2.87. The predicted octanol–water partition coefficient (Wildman–Crippen LogP) is 2.49. The van der Waals surface area contributed by atoms with Crippen molar-refractivity contribution in [3.8, 4) is 0 Å². The molecule has 0 radical (unpaired) electrons. The van der Waals surface area contributed by atoms with Crippen LogP contribution < -0.4 is 0 Å². The van der Waals surface area contributed by atoms with Gasteiger partial charge in [-0.15, -0.1) is 0 Å². The molecule has 1 saturated carbocycles. The Balaban J connectivity index is 2.24. The number of aromatic amines is 1. The molecule has 1 heterocycles. The normalized spacial score (nSPS) is 17.2. The fraction of sp³-hybridized carbons (Fsp3) is 0.733. The van der Waals surface area contributed by atoms with E-state index in [1.54, 1.807) is 4.31 Å². The maximum Gasteiger partial charge on any atom is 0.244 e. The van der Waals surface area contributed by atoms with Gasteiger partial charge in [0.15, 0.2) is 0 Å². The lowest BCUT2D eigenvalue weighted by Gasteiger charge is -2.28. The van der Waals surface area contributed by atoms with Gasteiger partial charge in [0.05, 0.1) is 11.5 Å². The summed E-state index contributed by atoms with van der Waals surface area (Å²) >= 11 is 0. The Morgan fingerprint density at radius 1 is 1.38 bits per heavy atom. The second-order valence-corrected chi connectivity index (χ2v) is 8.15. The molecule has 5 nitrogen and oxygen atoms in total. The van der Waals surface area contributed by atoms with Crippen LogP contribution in [0.15, 0.2) is 17.2 Å². The van der Waals surface area contributed by atoms with Crippen molar-refractivity contribution in [2.24, 2.45) is 5.92 Å². The lowest BCUT2D eigenvalue weighted by atomic mass is 10.1. The summed E-state index contributed by atoms with van der Waals surface area (Å²) in [5.74, 6) is 0.475. The molecule has 0 saturated heterocycles. The van der Waals surface area contributed by atoms with Crippen molar-refractivity contribution in [3.63, 3.8) is 0 Å². The van der Waals surface area contributed by atoms with E-state index < -0.39 is 10.0 Å². The van der Waals surface area contributed by atoms with E-state index >= 15 is 0 Å². The number of aliphatic hydroxyl groups excluding tert-OH is 1. The topological polar surface area (TPSA) is 73.4 Å². The van der Waals surface area contributed by atoms with Gasteiger partial charge in [-0.2, -0.15) is 4.31 Å². The van der Waals surface area contributed by atoms with Gasteiger partial charge >= 0.3 is 0 Å². The number of H-pyrrole nitrogens is 1. The van der Waals surface area contributed by atoms with Gasteiger partial charge in [0, 0.05) is 24.5 Å². The van der Waals surface area contributed by atoms with Crippen LogP contribution in [-0.2, 0) is 16.6 Å². The average molecular weight is 314 g/mol. The second-order valence-electron chi connectivity index (χ2n) is 6.26. The van der Waals surface area contributed by atoms with Crippen molar-refractivity contribution in [3.05, 3.63) is 18.0 Å². The molecule has 6 heteroatoms. The lowest BCUT2D eigenvalue weighted by Crippen LogP contribution is -2.39. The maximum absolute atomic E-state index is 12.9. The number of nitrogens with zero attached hydrogens (tertiary/aromatic N) is 1. The van der Waals surface area contributed by atoms with E-state index in [0.29, 0.717) is 18.2 Å². The summed E-state index contributed by atoms with van der Waals surface area (Å²) in [6.07, 6.45) is 6.47. The molecule has 0 amide bonds. The summed E-state index contributed by atoms with van der Waals surface area (Å²) in [5.41, 5.74) is 0.531. The Labute approximate surface area is 127 Å². The Kier molecular flexibility index (Phi) is 5.46. The minimum Gasteiger partial charge on any atom is -0.390 e. The van der Waals surface area contributed by atoms with Gasteiger partial charge in [-0.1, -0.05) is 26.7 Å². The zero-order chi connectivity index (χ0) is 15.5. The first-order chi connectivity index (χ1) is 9.95. The Hall–Kier alpha value is -0.850. The van der Waals surface area contributed by atoms with E-state index in [-0.39, 0.29) is 17.5 Å². The van der Waals surface area contributed by atoms with Crippen LogP contribution in [0.3, 0.4) is 0 Å². The van der Waals surface area contributed by atoms with E-state index in [4.69, 9.17) is 5.11 Å². The quantitative estimate of drug-likeness (QED) is 0.812. The lowest BCUT2D eigenvalue weighted by molar-refractivity contribution is 0.277. The molecule has 120 valence electrons. The first-order valence-electron chi connectivity index (χ1n) is 7.75. The number of hydrogen-bond donors (Lipinski definition) is 2. The zero-order valence-electron chi connectivity index (χ0n) is 12.9. The summed E-state index contributed by atoms with van der Waals surface area (Å²) in [5, 5.41) is 9.10. The van der Waals surface area contributed by atoms with Gasteiger partial charge in [0.1, 0.15) is 0 Å². The van der Waals surface area contributed by atoms with E-state index in [1.165, 1.54) is 12.3 Å².